The molecule has 0 amide bonds. The van der Waals surface area contributed by atoms with Gasteiger partial charge >= 0.3 is 0 Å². The number of nitrogens with zero attached hydrogens (tertiary/aromatic N) is 1. The number of hydrogen-bond donors (Lipinski definition) is 1. The Morgan fingerprint density at radius 1 is 1.31 bits per heavy atom. The van der Waals surface area contributed by atoms with E-state index in [9.17, 15) is 0 Å². The number of hydrogen-bond acceptors (Lipinski definition) is 4. The highest BCUT2D eigenvalue weighted by Crippen LogP contribution is 2.08. The highest BCUT2D eigenvalue weighted by Gasteiger charge is 2.08. The molecule has 0 atom stereocenters. The molecule has 2 rings (SSSR count). The minimum absolute atomic E-state index is 0.854. The second-order valence-corrected chi connectivity index (χ2v) is 5.07. The lowest BCUT2D eigenvalue weighted by atomic mass is 10.3. The molecule has 90 valence electrons. The maximum Gasteiger partial charge on any atom is 0.0593 e. The first-order valence-electron chi connectivity index (χ1n) is 5.98. The summed E-state index contributed by atoms with van der Waals surface area (Å²) >= 11 is 1.81. The number of rotatable bonds is 6. The number of thiophene rings is 1. The molecule has 0 aromatic carbocycles. The van der Waals surface area contributed by atoms with E-state index in [0.29, 0.717) is 0 Å². The van der Waals surface area contributed by atoms with Crippen molar-refractivity contribution in [3.05, 3.63) is 22.4 Å². The van der Waals surface area contributed by atoms with Gasteiger partial charge in [0, 0.05) is 44.0 Å². The van der Waals surface area contributed by atoms with Gasteiger partial charge in [0.05, 0.1) is 13.2 Å². The summed E-state index contributed by atoms with van der Waals surface area (Å²) < 4.78 is 5.65. The highest BCUT2D eigenvalue weighted by atomic mass is 32.1. The van der Waals surface area contributed by atoms with Crippen LogP contribution < -0.4 is 5.32 Å². The molecule has 16 heavy (non-hydrogen) atoms. The van der Waals surface area contributed by atoms with Crippen LogP contribution in [0.15, 0.2) is 17.5 Å². The summed E-state index contributed by atoms with van der Waals surface area (Å²) in [5.41, 5.74) is 0. The van der Waals surface area contributed by atoms with Gasteiger partial charge in [-0.1, -0.05) is 6.07 Å². The van der Waals surface area contributed by atoms with Gasteiger partial charge in [0.25, 0.3) is 0 Å². The second-order valence-electron chi connectivity index (χ2n) is 4.03. The third-order valence-corrected chi connectivity index (χ3v) is 3.77. The molecule has 0 aliphatic carbocycles. The van der Waals surface area contributed by atoms with Crippen LogP contribution in [0.5, 0.6) is 0 Å². The Labute approximate surface area is 101 Å². The Bertz CT molecular complexity index is 271. The smallest absolute Gasteiger partial charge is 0.0593 e. The molecule has 1 aromatic rings. The molecule has 0 radical (unpaired) electrons. The van der Waals surface area contributed by atoms with Crippen LogP contribution in [0.1, 0.15) is 4.88 Å². The van der Waals surface area contributed by atoms with E-state index in [1.165, 1.54) is 4.88 Å². The third-order valence-electron chi connectivity index (χ3n) is 2.83. The first-order chi connectivity index (χ1) is 7.95. The van der Waals surface area contributed by atoms with Crippen LogP contribution in [0.3, 0.4) is 0 Å². The first kappa shape index (κ1) is 12.0. The molecule has 1 aromatic heterocycles. The van der Waals surface area contributed by atoms with Gasteiger partial charge in [-0.05, 0) is 11.4 Å². The van der Waals surface area contributed by atoms with Crippen molar-refractivity contribution in [1.29, 1.82) is 0 Å². The van der Waals surface area contributed by atoms with Crippen LogP contribution in [0.4, 0.5) is 0 Å². The van der Waals surface area contributed by atoms with E-state index in [-0.39, 0.29) is 0 Å². The van der Waals surface area contributed by atoms with Crippen molar-refractivity contribution >= 4 is 11.3 Å². The summed E-state index contributed by atoms with van der Waals surface area (Å²) in [6.07, 6.45) is 1.05. The van der Waals surface area contributed by atoms with Crippen LogP contribution in [0.2, 0.25) is 0 Å². The molecule has 1 aliphatic rings. The minimum Gasteiger partial charge on any atom is -0.380 e. The lowest BCUT2D eigenvalue weighted by molar-refractivity contribution is 0.101. The highest BCUT2D eigenvalue weighted by molar-refractivity contribution is 7.09. The molecular formula is C12H20N2OS. The summed E-state index contributed by atoms with van der Waals surface area (Å²) in [4.78, 5) is 3.88. The minimum atomic E-state index is 0.854. The monoisotopic (exact) mass is 240 g/mol. The van der Waals surface area contributed by atoms with Gasteiger partial charge in [-0.3, -0.25) is 4.90 Å². The Morgan fingerprint density at radius 3 is 2.94 bits per heavy atom. The Balaban J connectivity index is 1.48. The topological polar surface area (TPSA) is 24.5 Å². The van der Waals surface area contributed by atoms with Crippen molar-refractivity contribution in [3.63, 3.8) is 0 Å². The predicted molar refractivity (Wildman–Crippen MR) is 68.2 cm³/mol. The van der Waals surface area contributed by atoms with Crippen LogP contribution in [0, 0.1) is 0 Å². The summed E-state index contributed by atoms with van der Waals surface area (Å²) in [7, 11) is 0. The van der Waals surface area contributed by atoms with E-state index >= 15 is 0 Å². The summed E-state index contributed by atoms with van der Waals surface area (Å²) in [5.74, 6) is 0. The van der Waals surface area contributed by atoms with Crippen molar-refractivity contribution in [2.45, 2.75) is 6.42 Å². The van der Waals surface area contributed by atoms with Gasteiger partial charge in [-0.15, -0.1) is 11.3 Å². The molecule has 1 saturated heterocycles. The quantitative estimate of drug-likeness (QED) is 0.757. The first-order valence-corrected chi connectivity index (χ1v) is 6.86. The fraction of sp³-hybridized carbons (Fsp3) is 0.667. The van der Waals surface area contributed by atoms with Crippen molar-refractivity contribution in [2.75, 3.05) is 45.9 Å². The van der Waals surface area contributed by atoms with Crippen molar-refractivity contribution in [1.82, 2.24) is 10.2 Å². The van der Waals surface area contributed by atoms with Crippen molar-refractivity contribution in [3.8, 4) is 0 Å². The van der Waals surface area contributed by atoms with Crippen molar-refractivity contribution < 1.29 is 4.74 Å². The molecule has 4 heteroatoms. The zero-order valence-electron chi connectivity index (χ0n) is 9.65. The average molecular weight is 240 g/mol. The molecule has 3 nitrogen and oxygen atoms in total. The molecule has 0 bridgehead atoms. The lowest BCUT2D eigenvalue weighted by Gasteiger charge is -2.26. The molecule has 1 aliphatic heterocycles. The van der Waals surface area contributed by atoms with Crippen molar-refractivity contribution in [2.24, 2.45) is 0 Å². The average Bonchev–Trinajstić information content (AvgIpc) is 2.83. The number of nitrogens with one attached hydrogen (secondary N) is 1. The molecule has 1 fully saturated rings. The second kappa shape index (κ2) is 7.01. The lowest BCUT2D eigenvalue weighted by Crippen LogP contribution is -2.44. The zero-order valence-corrected chi connectivity index (χ0v) is 10.5. The van der Waals surface area contributed by atoms with Gasteiger partial charge < -0.3 is 10.1 Å². The van der Waals surface area contributed by atoms with E-state index in [4.69, 9.17) is 4.74 Å². The Hall–Kier alpha value is -0.420. The zero-order chi connectivity index (χ0) is 11.1. The maximum absolute atomic E-state index is 5.65. The Kier molecular flexibility index (Phi) is 5.28. The van der Waals surface area contributed by atoms with Gasteiger partial charge in [0.1, 0.15) is 0 Å². The van der Waals surface area contributed by atoms with Crippen LogP contribution in [0.25, 0.3) is 0 Å². The van der Waals surface area contributed by atoms with Gasteiger partial charge in [-0.2, -0.15) is 0 Å². The van der Waals surface area contributed by atoms with E-state index in [0.717, 1.165) is 52.4 Å². The maximum atomic E-state index is 5.65. The van der Waals surface area contributed by atoms with E-state index in [1.807, 2.05) is 11.3 Å². The molecule has 1 N–H and O–H groups in total. The van der Waals surface area contributed by atoms with Gasteiger partial charge in [0.2, 0.25) is 0 Å². The van der Waals surface area contributed by atoms with Crippen LogP contribution in [-0.2, 0) is 11.2 Å². The summed E-state index contributed by atoms with van der Waals surface area (Å²) in [6.45, 7) is 7.36. The SMILES string of the molecule is c1csc(CCOCCN2CCNCC2)c1. The summed E-state index contributed by atoms with van der Waals surface area (Å²) in [5, 5.41) is 5.47. The van der Waals surface area contributed by atoms with E-state index in [1.54, 1.807) is 0 Å². The fourth-order valence-corrected chi connectivity index (χ4v) is 2.55. The Morgan fingerprint density at radius 2 is 2.19 bits per heavy atom. The van der Waals surface area contributed by atoms with E-state index < -0.39 is 0 Å². The number of ether oxygens (including phenoxy) is 1. The summed E-state index contributed by atoms with van der Waals surface area (Å²) in [6, 6.07) is 4.27. The van der Waals surface area contributed by atoms with E-state index in [2.05, 4.69) is 27.7 Å². The predicted octanol–water partition coefficient (Wildman–Crippen LogP) is 1.21. The third kappa shape index (κ3) is 4.22. The number of piperazine rings is 1. The molecule has 0 saturated carbocycles. The standard InChI is InChI=1S/C12H20N2OS/c1-2-12(16-11-1)3-9-15-10-8-14-6-4-13-5-7-14/h1-2,11,13H,3-10H2. The molecule has 2 heterocycles. The fourth-order valence-electron chi connectivity index (χ4n) is 1.86. The molecule has 0 spiro atoms. The molecular weight excluding hydrogens is 220 g/mol. The molecule has 0 unspecified atom stereocenters. The largest absolute Gasteiger partial charge is 0.380 e. The van der Waals surface area contributed by atoms with Crippen LogP contribution in [-0.4, -0.2) is 50.8 Å². The normalized spacial score (nSPS) is 17.8. The van der Waals surface area contributed by atoms with Gasteiger partial charge in [-0.25, -0.2) is 0 Å². The van der Waals surface area contributed by atoms with Crippen LogP contribution >= 0.6 is 11.3 Å². The van der Waals surface area contributed by atoms with Gasteiger partial charge in [0.15, 0.2) is 0 Å².